The van der Waals surface area contributed by atoms with Crippen LogP contribution in [0, 0.1) is 0 Å². The van der Waals surface area contributed by atoms with Gasteiger partial charge in [0.15, 0.2) is 0 Å². The molecule has 0 aromatic rings. The van der Waals surface area contributed by atoms with E-state index in [2.05, 4.69) is 18.7 Å². The van der Waals surface area contributed by atoms with Crippen molar-refractivity contribution >= 4 is 5.97 Å². The highest BCUT2D eigenvalue weighted by Gasteiger charge is 2.02. The molecule has 212 valence electrons. The van der Waals surface area contributed by atoms with Crippen LogP contribution in [0.5, 0.6) is 0 Å². The molecule has 35 heavy (non-hydrogen) atoms. The zero-order valence-electron chi connectivity index (χ0n) is 23.8. The fourth-order valence-electron chi connectivity index (χ4n) is 4.38. The largest absolute Gasteiger partial charge is 0.481 e. The number of aliphatic hydroxyl groups is 2. The molecule has 0 aliphatic heterocycles. The number of unbranched alkanes of at least 4 members (excludes halogenated alkanes) is 19. The zero-order chi connectivity index (χ0) is 26.2. The molecule has 5 heteroatoms. The number of carbonyl (C=O) groups is 1. The molecule has 0 atom stereocenters. The molecule has 0 bridgehead atoms. The van der Waals surface area contributed by atoms with Crippen molar-refractivity contribution in [2.75, 3.05) is 32.8 Å². The van der Waals surface area contributed by atoms with E-state index in [1.165, 1.54) is 122 Å². The summed E-state index contributed by atoms with van der Waals surface area (Å²) in [4.78, 5) is 12.4. The van der Waals surface area contributed by atoms with Gasteiger partial charge in [0.25, 0.3) is 0 Å². The van der Waals surface area contributed by atoms with E-state index >= 15 is 0 Å². The first kappa shape index (κ1) is 36.5. The molecular formula is C30H63NO4. The first-order valence-electron chi connectivity index (χ1n) is 15.3. The lowest BCUT2D eigenvalue weighted by atomic mass is 10.1. The minimum Gasteiger partial charge on any atom is -0.481 e. The topological polar surface area (TPSA) is 81.0 Å². The van der Waals surface area contributed by atoms with Crippen LogP contribution in [0.3, 0.4) is 0 Å². The number of carboxylic acids is 1. The zero-order valence-corrected chi connectivity index (χ0v) is 23.8. The number of carboxylic acid groups (broad SMARTS) is 1. The summed E-state index contributed by atoms with van der Waals surface area (Å²) in [6, 6.07) is 0. The fraction of sp³-hybridized carbons (Fsp3) is 0.967. The molecule has 0 aromatic carbocycles. The third kappa shape index (κ3) is 35.6. The number of nitrogens with zero attached hydrogens (tertiary/aromatic N) is 1. The maximum atomic E-state index is 10.2. The second kappa shape index (κ2) is 33.4. The summed E-state index contributed by atoms with van der Waals surface area (Å²) in [5.41, 5.74) is 0. The highest BCUT2D eigenvalue weighted by molar-refractivity contribution is 5.66. The molecule has 0 heterocycles. The van der Waals surface area contributed by atoms with Gasteiger partial charge in [-0.1, -0.05) is 136 Å². The van der Waals surface area contributed by atoms with Crippen molar-refractivity contribution in [1.82, 2.24) is 4.90 Å². The monoisotopic (exact) mass is 501 g/mol. The van der Waals surface area contributed by atoms with Gasteiger partial charge in [-0.25, -0.2) is 0 Å². The number of aliphatic hydroxyl groups excluding tert-OH is 2. The smallest absolute Gasteiger partial charge is 0.303 e. The average Bonchev–Trinajstić information content (AvgIpc) is 2.84. The van der Waals surface area contributed by atoms with Crippen molar-refractivity contribution in [2.45, 2.75) is 155 Å². The van der Waals surface area contributed by atoms with E-state index in [1.54, 1.807) is 0 Å². The maximum absolute atomic E-state index is 10.2. The van der Waals surface area contributed by atoms with Crippen LogP contribution in [0.4, 0.5) is 0 Å². The molecule has 0 radical (unpaired) electrons. The van der Waals surface area contributed by atoms with Crippen molar-refractivity contribution in [3.8, 4) is 0 Å². The van der Waals surface area contributed by atoms with Crippen LogP contribution < -0.4 is 0 Å². The Kier molecular flexibility index (Phi) is 34.8. The second-order valence-electron chi connectivity index (χ2n) is 10.2. The lowest BCUT2D eigenvalue weighted by Gasteiger charge is -2.19. The van der Waals surface area contributed by atoms with Crippen LogP contribution in [0.25, 0.3) is 0 Å². The van der Waals surface area contributed by atoms with Gasteiger partial charge in [-0.2, -0.15) is 0 Å². The van der Waals surface area contributed by atoms with E-state index in [4.69, 9.17) is 15.3 Å². The van der Waals surface area contributed by atoms with E-state index in [1.807, 2.05) is 0 Å². The van der Waals surface area contributed by atoms with E-state index in [0.29, 0.717) is 19.5 Å². The van der Waals surface area contributed by atoms with Crippen LogP contribution >= 0.6 is 0 Å². The first-order chi connectivity index (χ1) is 17.1. The normalized spacial score (nSPS) is 11.0. The minimum absolute atomic E-state index is 0.193. The average molecular weight is 502 g/mol. The lowest BCUT2D eigenvalue weighted by molar-refractivity contribution is -0.137. The summed E-state index contributed by atoms with van der Waals surface area (Å²) in [6.45, 7) is 7.28. The third-order valence-electron chi connectivity index (χ3n) is 6.65. The molecule has 5 nitrogen and oxygen atoms in total. The minimum atomic E-state index is -0.659. The van der Waals surface area contributed by atoms with Crippen LogP contribution in [0.2, 0.25) is 0 Å². The summed E-state index contributed by atoms with van der Waals surface area (Å²) in [5, 5.41) is 26.3. The molecule has 0 aliphatic carbocycles. The summed E-state index contributed by atoms with van der Waals surface area (Å²) >= 11 is 0. The Balaban J connectivity index is 0. The molecule has 0 rings (SSSR count). The van der Waals surface area contributed by atoms with E-state index in [9.17, 15) is 4.79 Å². The predicted molar refractivity (Wildman–Crippen MR) is 151 cm³/mol. The maximum Gasteiger partial charge on any atom is 0.303 e. The van der Waals surface area contributed by atoms with Crippen molar-refractivity contribution in [3.63, 3.8) is 0 Å². The van der Waals surface area contributed by atoms with Crippen molar-refractivity contribution in [1.29, 1.82) is 0 Å². The quantitative estimate of drug-likeness (QED) is 0.0994. The van der Waals surface area contributed by atoms with Gasteiger partial charge < -0.3 is 15.3 Å². The molecule has 3 N–H and O–H groups in total. The summed E-state index contributed by atoms with van der Waals surface area (Å²) in [5.74, 6) is -0.659. The molecule has 0 saturated carbocycles. The fourth-order valence-corrected chi connectivity index (χ4v) is 4.38. The number of hydrogen-bond acceptors (Lipinski definition) is 4. The van der Waals surface area contributed by atoms with E-state index in [-0.39, 0.29) is 13.2 Å². The lowest BCUT2D eigenvalue weighted by Crippen LogP contribution is -2.30. The number of aliphatic carboxylic acids is 1. The van der Waals surface area contributed by atoms with Gasteiger partial charge in [0, 0.05) is 19.5 Å². The van der Waals surface area contributed by atoms with Crippen LogP contribution in [-0.4, -0.2) is 59.0 Å². The van der Waals surface area contributed by atoms with E-state index in [0.717, 1.165) is 19.4 Å². The van der Waals surface area contributed by atoms with Crippen molar-refractivity contribution in [3.05, 3.63) is 0 Å². The number of rotatable bonds is 27. The van der Waals surface area contributed by atoms with Crippen LogP contribution in [0.1, 0.15) is 155 Å². The second-order valence-corrected chi connectivity index (χ2v) is 10.2. The Bertz CT molecular complexity index is 387. The Morgan fingerprint density at radius 2 is 0.800 bits per heavy atom. The summed E-state index contributed by atoms with van der Waals surface area (Å²) in [7, 11) is 0. The molecular weight excluding hydrogens is 438 g/mol. The van der Waals surface area contributed by atoms with E-state index < -0.39 is 5.97 Å². The van der Waals surface area contributed by atoms with Gasteiger partial charge in [0.2, 0.25) is 0 Å². The third-order valence-corrected chi connectivity index (χ3v) is 6.65. The molecule has 0 spiro atoms. The highest BCUT2D eigenvalue weighted by atomic mass is 16.4. The molecule has 0 aliphatic rings. The van der Waals surface area contributed by atoms with Crippen molar-refractivity contribution in [2.24, 2.45) is 0 Å². The Morgan fingerprint density at radius 3 is 1.11 bits per heavy atom. The Labute approximate surface area is 219 Å². The summed E-state index contributed by atoms with van der Waals surface area (Å²) < 4.78 is 0. The molecule has 0 saturated heterocycles. The molecule has 0 amide bonds. The van der Waals surface area contributed by atoms with Gasteiger partial charge in [-0.05, 0) is 19.4 Å². The van der Waals surface area contributed by atoms with Gasteiger partial charge >= 0.3 is 5.97 Å². The molecule has 0 aromatic heterocycles. The number of hydrogen-bond donors (Lipinski definition) is 3. The van der Waals surface area contributed by atoms with Crippen molar-refractivity contribution < 1.29 is 20.1 Å². The first-order valence-corrected chi connectivity index (χ1v) is 15.3. The van der Waals surface area contributed by atoms with Crippen LogP contribution in [0.15, 0.2) is 0 Å². The molecule has 0 unspecified atom stereocenters. The summed E-state index contributed by atoms with van der Waals surface area (Å²) in [6.07, 6.45) is 27.9. The van der Waals surface area contributed by atoms with Gasteiger partial charge in [0.05, 0.1) is 13.2 Å². The Hall–Kier alpha value is -0.650. The SMILES string of the molecule is CCCCCCCCCCCC(=O)O.CCCCCCCCCCCCCCN(CCO)CCO. The van der Waals surface area contributed by atoms with Gasteiger partial charge in [-0.15, -0.1) is 0 Å². The van der Waals surface area contributed by atoms with Gasteiger partial charge in [0.1, 0.15) is 0 Å². The Morgan fingerprint density at radius 1 is 0.486 bits per heavy atom. The highest BCUT2D eigenvalue weighted by Crippen LogP contribution is 2.12. The standard InChI is InChI=1S/C18H39NO2.C12H24O2/c1-2-3-4-5-6-7-8-9-10-11-12-13-14-19(15-17-20)16-18-21;1-2-3-4-5-6-7-8-9-10-11-12(13)14/h20-21H,2-18H2,1H3;2-11H2,1H3,(H,13,14). The van der Waals surface area contributed by atoms with Crippen LogP contribution in [-0.2, 0) is 4.79 Å². The molecule has 0 fully saturated rings. The van der Waals surface area contributed by atoms with Gasteiger partial charge in [-0.3, -0.25) is 9.69 Å². The predicted octanol–water partition coefficient (Wildman–Crippen LogP) is 7.97.